The van der Waals surface area contributed by atoms with Crippen LogP contribution < -0.4 is 15.1 Å². The van der Waals surface area contributed by atoms with Gasteiger partial charge in [0.2, 0.25) is 5.95 Å². The number of aromatic nitrogens is 8. The summed E-state index contributed by atoms with van der Waals surface area (Å²) >= 11 is 0. The molecule has 6 rings (SSSR count). The Morgan fingerprint density at radius 1 is 1.16 bits per heavy atom. The Balaban J connectivity index is 1.27. The molecule has 0 unspecified atom stereocenters. The maximum atomic E-state index is 13.4. The number of carbonyl (C=O) groups excluding carboxylic acids is 1. The van der Waals surface area contributed by atoms with Gasteiger partial charge in [-0.2, -0.15) is 5.10 Å². The van der Waals surface area contributed by atoms with E-state index in [1.165, 1.54) is 0 Å². The van der Waals surface area contributed by atoms with Gasteiger partial charge in [0.25, 0.3) is 5.91 Å². The molecule has 2 N–H and O–H groups in total. The number of rotatable bonds is 5. The summed E-state index contributed by atoms with van der Waals surface area (Å²) in [7, 11) is 1.85. The molecule has 13 nitrogen and oxygen atoms in total. The Hall–Kier alpha value is -4.39. The number of anilines is 3. The van der Waals surface area contributed by atoms with Crippen LogP contribution in [-0.2, 0) is 4.79 Å². The summed E-state index contributed by atoms with van der Waals surface area (Å²) in [6.07, 6.45) is 1.59. The molecule has 2 aliphatic rings. The molecule has 0 aliphatic carbocycles. The van der Waals surface area contributed by atoms with Gasteiger partial charge in [0.05, 0.1) is 22.8 Å². The van der Waals surface area contributed by atoms with Crippen LogP contribution in [0.25, 0.3) is 22.3 Å². The molecule has 4 aromatic rings. The third kappa shape index (κ3) is 4.04. The van der Waals surface area contributed by atoms with Gasteiger partial charge in [-0.15, -0.1) is 0 Å². The van der Waals surface area contributed by atoms with Gasteiger partial charge in [-0.25, -0.2) is 14.6 Å². The van der Waals surface area contributed by atoms with Crippen LogP contribution in [0.5, 0.6) is 0 Å². The maximum Gasteiger partial charge on any atom is 0.255 e. The Kier molecular flexibility index (Phi) is 5.98. The van der Waals surface area contributed by atoms with Crippen molar-refractivity contribution in [3.8, 4) is 11.4 Å². The van der Waals surface area contributed by atoms with Crippen molar-refractivity contribution in [2.24, 2.45) is 0 Å². The van der Waals surface area contributed by atoms with Gasteiger partial charge in [0.15, 0.2) is 0 Å². The minimum Gasteiger partial charge on any atom is -0.354 e. The van der Waals surface area contributed by atoms with E-state index in [0.717, 1.165) is 60.8 Å². The number of amides is 1. The number of nitrogens with one attached hydrogen (secondary N) is 2. The number of hydrogen-bond donors (Lipinski definition) is 2. The fraction of sp³-hybridized carbons (Fsp3) is 0.400. The van der Waals surface area contributed by atoms with Crippen molar-refractivity contribution in [1.82, 2.24) is 45.3 Å². The number of benzene rings is 1. The number of nitrogens with zero attached hydrogens (tertiary/aromatic N) is 10. The second-order valence-electron chi connectivity index (χ2n) is 9.63. The summed E-state index contributed by atoms with van der Waals surface area (Å²) in [4.78, 5) is 29.0. The maximum absolute atomic E-state index is 13.4. The van der Waals surface area contributed by atoms with E-state index in [2.05, 4.69) is 57.7 Å². The zero-order valence-corrected chi connectivity index (χ0v) is 21.9. The van der Waals surface area contributed by atoms with E-state index >= 15 is 0 Å². The van der Waals surface area contributed by atoms with E-state index in [1.54, 1.807) is 11.0 Å². The molecule has 5 heterocycles. The predicted molar refractivity (Wildman–Crippen MR) is 144 cm³/mol. The number of hydrogen-bond acceptors (Lipinski definition) is 10. The molecular formula is C25H30N12O. The third-order valence-electron chi connectivity index (χ3n) is 7.56. The van der Waals surface area contributed by atoms with E-state index in [9.17, 15) is 4.79 Å². The number of aromatic amines is 1. The molecule has 1 aromatic carbocycles. The van der Waals surface area contributed by atoms with Crippen molar-refractivity contribution in [3.63, 3.8) is 0 Å². The van der Waals surface area contributed by atoms with Crippen LogP contribution in [0.15, 0.2) is 41.9 Å². The van der Waals surface area contributed by atoms with E-state index < -0.39 is 0 Å². The van der Waals surface area contributed by atoms with E-state index in [4.69, 9.17) is 0 Å². The highest BCUT2D eigenvalue weighted by molar-refractivity contribution is 6.07. The number of allylic oxidation sites excluding steroid dienone is 1. The highest BCUT2D eigenvalue weighted by atomic mass is 16.1. The van der Waals surface area contributed by atoms with Gasteiger partial charge in [-0.1, -0.05) is 12.0 Å². The SMILES string of the molecule is CCN1CCN(c2cc(-c3n[nH]c4ccc(NC(=O)C5=C(C)N(C)c6nnnn6[C@@H]5C)cc34)ncn2)CC1. The minimum atomic E-state index is -0.303. The molecule has 3 aromatic heterocycles. The quantitative estimate of drug-likeness (QED) is 0.407. The van der Waals surface area contributed by atoms with E-state index in [0.29, 0.717) is 22.9 Å². The molecule has 0 spiro atoms. The van der Waals surface area contributed by atoms with Crippen LogP contribution in [0, 0.1) is 0 Å². The van der Waals surface area contributed by atoms with Crippen molar-refractivity contribution in [2.45, 2.75) is 26.8 Å². The molecule has 38 heavy (non-hydrogen) atoms. The largest absolute Gasteiger partial charge is 0.354 e. The van der Waals surface area contributed by atoms with Gasteiger partial charge in [-0.3, -0.25) is 9.89 Å². The van der Waals surface area contributed by atoms with Crippen LogP contribution in [0.2, 0.25) is 0 Å². The lowest BCUT2D eigenvalue weighted by molar-refractivity contribution is -0.113. The van der Waals surface area contributed by atoms with Gasteiger partial charge in [0.1, 0.15) is 17.8 Å². The molecule has 196 valence electrons. The molecule has 0 radical (unpaired) electrons. The summed E-state index contributed by atoms with van der Waals surface area (Å²) in [6, 6.07) is 7.37. The summed E-state index contributed by atoms with van der Waals surface area (Å²) in [6.45, 7) is 11.0. The zero-order chi connectivity index (χ0) is 26.4. The van der Waals surface area contributed by atoms with Crippen LogP contribution in [0.1, 0.15) is 26.8 Å². The molecular weight excluding hydrogens is 484 g/mol. The van der Waals surface area contributed by atoms with Crippen molar-refractivity contribution >= 4 is 34.3 Å². The van der Waals surface area contributed by atoms with Crippen molar-refractivity contribution in [3.05, 3.63) is 41.9 Å². The molecule has 2 aliphatic heterocycles. The number of likely N-dealkylation sites (N-methyl/N-ethyl adjacent to an activating group) is 1. The number of tetrazole rings is 1. The standard InChI is InChI=1S/C25H30N12O/c1-5-35-8-10-36(11-9-35)21-13-20(26-14-27-21)23-18-12-17(6-7-19(18)29-30-23)28-24(38)22-15(2)34(4)25-31-32-33-37(25)16(22)3/h6-7,12-14,16H,5,8-11H2,1-4H3,(H,28,38)(H,29,30)/t16-/m1/s1. The smallest absolute Gasteiger partial charge is 0.255 e. The first-order valence-electron chi connectivity index (χ1n) is 12.8. The third-order valence-corrected chi connectivity index (χ3v) is 7.56. The summed E-state index contributed by atoms with van der Waals surface area (Å²) < 4.78 is 1.65. The first kappa shape index (κ1) is 24.0. The van der Waals surface area contributed by atoms with Crippen LogP contribution in [0.4, 0.5) is 17.5 Å². The first-order chi connectivity index (χ1) is 18.4. The summed E-state index contributed by atoms with van der Waals surface area (Å²) in [5.41, 5.74) is 4.36. The molecule has 0 bridgehead atoms. The minimum absolute atomic E-state index is 0.206. The molecule has 1 fully saturated rings. The number of H-pyrrole nitrogens is 1. The Morgan fingerprint density at radius 2 is 1.97 bits per heavy atom. The number of carbonyl (C=O) groups is 1. The van der Waals surface area contributed by atoms with Gasteiger partial charge < -0.3 is 20.0 Å². The van der Waals surface area contributed by atoms with Crippen molar-refractivity contribution in [1.29, 1.82) is 0 Å². The van der Waals surface area contributed by atoms with Crippen molar-refractivity contribution < 1.29 is 4.79 Å². The van der Waals surface area contributed by atoms with E-state index in [1.807, 2.05) is 50.1 Å². The Labute approximate surface area is 219 Å². The second-order valence-corrected chi connectivity index (χ2v) is 9.63. The lowest BCUT2D eigenvalue weighted by Crippen LogP contribution is -2.46. The molecule has 1 saturated heterocycles. The molecule has 13 heteroatoms. The normalized spacial score (nSPS) is 18.3. The number of fused-ring (bicyclic) bond motifs is 2. The highest BCUT2D eigenvalue weighted by Gasteiger charge is 2.32. The fourth-order valence-electron chi connectivity index (χ4n) is 5.20. The lowest BCUT2D eigenvalue weighted by Gasteiger charge is -2.34. The fourth-order valence-corrected chi connectivity index (χ4v) is 5.20. The highest BCUT2D eigenvalue weighted by Crippen LogP contribution is 2.33. The second kappa shape index (κ2) is 9.49. The Bertz CT molecular complexity index is 1530. The Morgan fingerprint density at radius 3 is 2.76 bits per heavy atom. The monoisotopic (exact) mass is 514 g/mol. The zero-order valence-electron chi connectivity index (χ0n) is 21.9. The van der Waals surface area contributed by atoms with Crippen LogP contribution >= 0.6 is 0 Å². The predicted octanol–water partition coefficient (Wildman–Crippen LogP) is 2.07. The van der Waals surface area contributed by atoms with E-state index in [-0.39, 0.29) is 11.9 Å². The average Bonchev–Trinajstić information content (AvgIpc) is 3.60. The van der Waals surface area contributed by atoms with Crippen LogP contribution in [0.3, 0.4) is 0 Å². The van der Waals surface area contributed by atoms with Gasteiger partial charge in [0, 0.05) is 56.1 Å². The average molecular weight is 515 g/mol. The molecule has 1 atom stereocenters. The van der Waals surface area contributed by atoms with Crippen LogP contribution in [-0.4, -0.2) is 91.0 Å². The first-order valence-corrected chi connectivity index (χ1v) is 12.8. The summed E-state index contributed by atoms with van der Waals surface area (Å²) in [5.74, 6) is 1.29. The topological polar surface area (TPSA) is 137 Å². The van der Waals surface area contributed by atoms with Crippen molar-refractivity contribution in [2.75, 3.05) is 54.9 Å². The molecule has 1 amide bonds. The summed E-state index contributed by atoms with van der Waals surface area (Å²) in [5, 5.41) is 23.4. The lowest BCUT2D eigenvalue weighted by atomic mass is 10.0. The number of piperazine rings is 1. The molecule has 0 saturated carbocycles. The van der Waals surface area contributed by atoms with Gasteiger partial charge in [-0.05, 0) is 49.0 Å². The van der Waals surface area contributed by atoms with Gasteiger partial charge >= 0.3 is 0 Å².